The van der Waals surface area contributed by atoms with Gasteiger partial charge in [0.2, 0.25) is 0 Å². The molecule has 0 aromatic carbocycles. The third-order valence-corrected chi connectivity index (χ3v) is 3.90. The Kier molecular flexibility index (Phi) is 5.10. The number of likely N-dealkylation sites (N-methyl/N-ethyl adjacent to an activating group) is 1. The lowest BCUT2D eigenvalue weighted by Gasteiger charge is -2.21. The molecule has 4 heteroatoms. The first kappa shape index (κ1) is 14.6. The second kappa shape index (κ2) is 5.94. The summed E-state index contributed by atoms with van der Waals surface area (Å²) in [4.78, 5) is 4.71. The van der Waals surface area contributed by atoms with Crippen molar-refractivity contribution in [3.63, 3.8) is 0 Å². The molecule has 0 saturated carbocycles. The minimum Gasteiger partial charge on any atom is -0.380 e. The van der Waals surface area contributed by atoms with Gasteiger partial charge in [0.15, 0.2) is 0 Å². The maximum atomic E-state index is 5.36. The minimum atomic E-state index is 0.136. The molecule has 0 radical (unpaired) electrons. The molecule has 1 rings (SSSR count). The van der Waals surface area contributed by atoms with Gasteiger partial charge in [-0.2, -0.15) is 0 Å². The summed E-state index contributed by atoms with van der Waals surface area (Å²) in [6.45, 7) is 8.66. The van der Waals surface area contributed by atoms with Gasteiger partial charge in [-0.3, -0.25) is 0 Å². The molecule has 98 valence electrons. The van der Waals surface area contributed by atoms with Gasteiger partial charge in [-0.25, -0.2) is 4.98 Å². The molecule has 0 amide bonds. The van der Waals surface area contributed by atoms with E-state index in [-0.39, 0.29) is 11.5 Å². The third kappa shape index (κ3) is 4.05. The van der Waals surface area contributed by atoms with E-state index in [1.807, 2.05) is 7.05 Å². The number of methoxy groups -OCH3 is 1. The highest BCUT2D eigenvalue weighted by Crippen LogP contribution is 2.24. The van der Waals surface area contributed by atoms with Crippen LogP contribution in [-0.4, -0.2) is 31.3 Å². The van der Waals surface area contributed by atoms with Crippen molar-refractivity contribution in [2.45, 2.75) is 51.7 Å². The van der Waals surface area contributed by atoms with E-state index < -0.39 is 0 Å². The molecule has 0 bridgehead atoms. The summed E-state index contributed by atoms with van der Waals surface area (Å²) in [5, 5.41) is 6.64. The lowest BCUT2D eigenvalue weighted by molar-refractivity contribution is 0.0857. The van der Waals surface area contributed by atoms with Crippen molar-refractivity contribution in [1.82, 2.24) is 10.3 Å². The molecule has 3 nitrogen and oxygen atoms in total. The maximum Gasteiger partial charge on any atom is 0.0945 e. The molecule has 17 heavy (non-hydrogen) atoms. The van der Waals surface area contributed by atoms with E-state index >= 15 is 0 Å². The van der Waals surface area contributed by atoms with E-state index in [2.05, 4.69) is 38.4 Å². The minimum absolute atomic E-state index is 0.136. The standard InChI is InChI=1S/C13H24N2OS/c1-9(16-6)10(14-5)7-12-15-11(8-17-12)13(2,3)4/h8-10,14H,7H2,1-6H3. The molecular weight excluding hydrogens is 232 g/mol. The molecule has 0 saturated heterocycles. The zero-order chi connectivity index (χ0) is 13.1. The van der Waals surface area contributed by atoms with Crippen LogP contribution in [0.1, 0.15) is 38.4 Å². The van der Waals surface area contributed by atoms with E-state index in [0.717, 1.165) is 6.42 Å². The highest BCUT2D eigenvalue weighted by molar-refractivity contribution is 7.09. The van der Waals surface area contributed by atoms with Crippen molar-refractivity contribution in [3.05, 3.63) is 16.1 Å². The zero-order valence-corrected chi connectivity index (χ0v) is 12.5. The van der Waals surface area contributed by atoms with Gasteiger partial charge in [-0.05, 0) is 14.0 Å². The summed E-state index contributed by atoms with van der Waals surface area (Å²) >= 11 is 1.74. The molecule has 0 fully saturated rings. The van der Waals surface area contributed by atoms with Crippen LogP contribution in [0.4, 0.5) is 0 Å². The maximum absolute atomic E-state index is 5.36. The first-order valence-electron chi connectivity index (χ1n) is 6.03. The Hall–Kier alpha value is -0.450. The van der Waals surface area contributed by atoms with Crippen molar-refractivity contribution in [1.29, 1.82) is 0 Å². The average Bonchev–Trinajstić information content (AvgIpc) is 2.73. The monoisotopic (exact) mass is 256 g/mol. The van der Waals surface area contributed by atoms with Crippen LogP contribution in [0.5, 0.6) is 0 Å². The first-order chi connectivity index (χ1) is 7.88. The number of aromatic nitrogens is 1. The predicted molar refractivity (Wildman–Crippen MR) is 73.8 cm³/mol. The fraction of sp³-hybridized carbons (Fsp3) is 0.769. The molecule has 1 aromatic rings. The molecule has 0 spiro atoms. The SMILES string of the molecule is CNC(Cc1nc(C(C)(C)C)cs1)C(C)OC. The largest absolute Gasteiger partial charge is 0.380 e. The van der Waals surface area contributed by atoms with Gasteiger partial charge in [0, 0.05) is 30.4 Å². The van der Waals surface area contributed by atoms with Crippen molar-refractivity contribution < 1.29 is 4.74 Å². The van der Waals surface area contributed by atoms with Crippen molar-refractivity contribution in [2.75, 3.05) is 14.2 Å². The third-order valence-electron chi connectivity index (χ3n) is 3.02. The van der Waals surface area contributed by atoms with Crippen molar-refractivity contribution >= 4 is 11.3 Å². The van der Waals surface area contributed by atoms with E-state index in [4.69, 9.17) is 9.72 Å². The van der Waals surface area contributed by atoms with E-state index in [1.165, 1.54) is 10.7 Å². The molecule has 1 N–H and O–H groups in total. The van der Waals surface area contributed by atoms with Gasteiger partial charge in [0.05, 0.1) is 16.8 Å². The van der Waals surface area contributed by atoms with Gasteiger partial charge in [-0.15, -0.1) is 11.3 Å². The van der Waals surface area contributed by atoms with Crippen LogP contribution in [0, 0.1) is 0 Å². The summed E-state index contributed by atoms with van der Waals surface area (Å²) in [7, 11) is 3.72. The molecule has 2 atom stereocenters. The molecular formula is C13H24N2OS. The van der Waals surface area contributed by atoms with Crippen molar-refractivity contribution in [2.24, 2.45) is 0 Å². The highest BCUT2D eigenvalue weighted by Gasteiger charge is 2.20. The lowest BCUT2D eigenvalue weighted by atomic mass is 9.93. The summed E-state index contributed by atoms with van der Waals surface area (Å²) in [5.41, 5.74) is 1.31. The predicted octanol–water partition coefficient (Wildman–Crippen LogP) is 2.61. The summed E-state index contributed by atoms with van der Waals surface area (Å²) in [6.07, 6.45) is 1.12. The number of thiazole rings is 1. The van der Waals surface area contributed by atoms with Gasteiger partial charge < -0.3 is 10.1 Å². The first-order valence-corrected chi connectivity index (χ1v) is 6.91. The highest BCUT2D eigenvalue weighted by atomic mass is 32.1. The molecule has 0 aliphatic heterocycles. The van der Waals surface area contributed by atoms with Crippen LogP contribution in [0.25, 0.3) is 0 Å². The molecule has 2 unspecified atom stereocenters. The number of nitrogens with zero attached hydrogens (tertiary/aromatic N) is 1. The quantitative estimate of drug-likeness (QED) is 0.879. The number of ether oxygens (including phenoxy) is 1. The summed E-state index contributed by atoms with van der Waals surface area (Å²) < 4.78 is 5.36. The Morgan fingerprint density at radius 3 is 2.53 bits per heavy atom. The van der Waals surface area contributed by atoms with Crippen LogP contribution in [-0.2, 0) is 16.6 Å². The van der Waals surface area contributed by atoms with Crippen LogP contribution in [0.15, 0.2) is 5.38 Å². The second-order valence-electron chi connectivity index (χ2n) is 5.42. The van der Waals surface area contributed by atoms with Crippen LogP contribution in [0.2, 0.25) is 0 Å². The fourth-order valence-corrected chi connectivity index (χ4v) is 2.69. The topological polar surface area (TPSA) is 34.2 Å². The molecule has 0 aliphatic rings. The van der Waals surface area contributed by atoms with Gasteiger partial charge >= 0.3 is 0 Å². The number of hydrogen-bond acceptors (Lipinski definition) is 4. The zero-order valence-electron chi connectivity index (χ0n) is 11.7. The lowest BCUT2D eigenvalue weighted by Crippen LogP contribution is -2.38. The summed E-state index contributed by atoms with van der Waals surface area (Å²) in [6, 6.07) is 0.318. The summed E-state index contributed by atoms with van der Waals surface area (Å²) in [5.74, 6) is 0. The van der Waals surface area contributed by atoms with E-state index in [0.29, 0.717) is 6.04 Å². The smallest absolute Gasteiger partial charge is 0.0945 e. The molecule has 0 aliphatic carbocycles. The number of hydrogen-bond donors (Lipinski definition) is 1. The van der Waals surface area contributed by atoms with Crippen LogP contribution >= 0.6 is 11.3 Å². The Bertz CT molecular complexity index is 343. The molecule has 1 heterocycles. The fourth-order valence-electron chi connectivity index (χ4n) is 1.60. The Balaban J connectivity index is 2.71. The Labute approximate surface area is 109 Å². The van der Waals surface area contributed by atoms with Gasteiger partial charge in [0.1, 0.15) is 0 Å². The average molecular weight is 256 g/mol. The Morgan fingerprint density at radius 2 is 2.12 bits per heavy atom. The van der Waals surface area contributed by atoms with Crippen LogP contribution in [0.3, 0.4) is 0 Å². The van der Waals surface area contributed by atoms with Crippen LogP contribution < -0.4 is 5.32 Å². The number of rotatable bonds is 5. The van der Waals surface area contributed by atoms with Gasteiger partial charge in [0.25, 0.3) is 0 Å². The second-order valence-corrected chi connectivity index (χ2v) is 6.36. The van der Waals surface area contributed by atoms with E-state index in [9.17, 15) is 0 Å². The van der Waals surface area contributed by atoms with Crippen molar-refractivity contribution in [3.8, 4) is 0 Å². The van der Waals surface area contributed by atoms with Gasteiger partial charge in [-0.1, -0.05) is 20.8 Å². The normalized spacial score (nSPS) is 15.9. The van der Waals surface area contributed by atoms with E-state index in [1.54, 1.807) is 18.4 Å². The number of nitrogens with one attached hydrogen (secondary N) is 1. The Morgan fingerprint density at radius 1 is 1.47 bits per heavy atom. The molecule has 1 aromatic heterocycles.